The molecule has 0 heterocycles. The van der Waals surface area contributed by atoms with Gasteiger partial charge in [0.1, 0.15) is 0 Å². The molecule has 0 saturated carbocycles. The Morgan fingerprint density at radius 1 is 1.50 bits per heavy atom. The SMILES string of the molecule is N#[C][Au][Au].N#[C][K].[KH]. The van der Waals surface area contributed by atoms with E-state index < -0.39 is 0 Å². The average Bonchev–Trinajstić information content (AvgIpc) is 1.69. The molecule has 0 amide bonds. The second kappa shape index (κ2) is 22.4. The van der Waals surface area contributed by atoms with Crippen LogP contribution in [-0.2, 0) is 34.0 Å². The molecule has 0 aromatic rings. The second-order valence-electron chi connectivity index (χ2n) is 0.336. The number of rotatable bonds is 0. The van der Waals surface area contributed by atoms with Crippen molar-refractivity contribution < 1.29 is 34.0 Å². The van der Waals surface area contributed by atoms with Crippen LogP contribution in [0.15, 0.2) is 0 Å². The molecule has 0 fully saturated rings. The topological polar surface area (TPSA) is 47.6 Å². The zero-order valence-electron chi connectivity index (χ0n) is 3.50. The normalized spacial score (nSPS) is 4.25. The fraction of sp³-hybridized carbons (Fsp3) is 0. The monoisotopic (exact) mass is 525 g/mol. The van der Waals surface area contributed by atoms with Gasteiger partial charge < -0.3 is 0 Å². The molecular formula is C2HAu2K2N2. The van der Waals surface area contributed by atoms with Crippen molar-refractivity contribution in [1.82, 2.24) is 0 Å². The van der Waals surface area contributed by atoms with Gasteiger partial charge in [-0.25, -0.2) is 0 Å². The van der Waals surface area contributed by atoms with Gasteiger partial charge in [-0.15, -0.1) is 0 Å². The molecule has 6 heteroatoms. The summed E-state index contributed by atoms with van der Waals surface area (Å²) in [5, 5.41) is 15.1. The molecule has 43 valence electrons. The van der Waals surface area contributed by atoms with Gasteiger partial charge >= 0.3 is 149 Å². The van der Waals surface area contributed by atoms with Gasteiger partial charge in [0.15, 0.2) is 0 Å². The molecule has 0 rings (SSSR count). The Labute approximate surface area is 144 Å². The van der Waals surface area contributed by atoms with Crippen LogP contribution in [0, 0.1) is 15.0 Å². The van der Waals surface area contributed by atoms with Crippen molar-refractivity contribution in [2.75, 3.05) is 0 Å². The third-order valence-corrected chi connectivity index (χ3v) is 1.36. The van der Waals surface area contributed by atoms with Crippen LogP contribution in [0.4, 0.5) is 0 Å². The molecule has 0 aromatic heterocycles. The van der Waals surface area contributed by atoms with Crippen molar-refractivity contribution in [3.63, 3.8) is 0 Å². The number of nitriles is 2. The molecule has 0 unspecified atom stereocenters. The van der Waals surface area contributed by atoms with Crippen molar-refractivity contribution in [1.29, 1.82) is 10.5 Å². The minimum absolute atomic E-state index is 0. The fourth-order valence-corrected chi connectivity index (χ4v) is 0. The van der Waals surface area contributed by atoms with Crippen LogP contribution >= 0.6 is 0 Å². The Morgan fingerprint density at radius 2 is 1.62 bits per heavy atom. The zero-order valence-corrected chi connectivity index (χ0v) is 11.0. The summed E-state index contributed by atoms with van der Waals surface area (Å²) in [6.45, 7) is 0. The quantitative estimate of drug-likeness (QED) is 0.382. The maximum absolute atomic E-state index is 7.65. The predicted octanol–water partition coefficient (Wildman–Crippen LogP) is -1.00. The van der Waals surface area contributed by atoms with Crippen molar-refractivity contribution in [2.24, 2.45) is 0 Å². The van der Waals surface area contributed by atoms with Gasteiger partial charge in [0.05, 0.1) is 0 Å². The first-order chi connectivity index (χ1) is 3.33. The van der Waals surface area contributed by atoms with E-state index in [4.69, 9.17) is 10.5 Å². The standard InChI is InChI=1S/2CN.2Au.2K.H/c2*1-2;;;;;. The number of hydrogen-bond donors (Lipinski definition) is 0. The van der Waals surface area contributed by atoms with Crippen molar-refractivity contribution in [3.05, 3.63) is 0 Å². The molecule has 0 aliphatic rings. The van der Waals surface area contributed by atoms with E-state index in [-0.39, 0.29) is 67.7 Å². The first-order valence-electron chi connectivity index (χ1n) is 1.19. The predicted molar refractivity (Wildman–Crippen MR) is 24.1 cm³/mol. The van der Waals surface area contributed by atoms with Crippen molar-refractivity contribution in [2.45, 2.75) is 0 Å². The molecule has 0 aromatic carbocycles. The average molecular weight is 525 g/mol. The molecule has 8 heavy (non-hydrogen) atoms. The Bertz CT molecular complexity index is 93.2. The van der Waals surface area contributed by atoms with E-state index in [1.807, 2.05) is 4.45 Å². The second-order valence-corrected chi connectivity index (χ2v) is 4.52. The molecule has 0 N–H and O–H groups in total. The van der Waals surface area contributed by atoms with Gasteiger partial charge in [-0.1, -0.05) is 0 Å². The van der Waals surface area contributed by atoms with Crippen LogP contribution in [0.2, 0.25) is 0 Å². The zero-order chi connectivity index (χ0) is 6.12. The number of nitrogens with zero attached hydrogens (tertiary/aromatic N) is 2. The third kappa shape index (κ3) is 33.1. The summed E-state index contributed by atoms with van der Waals surface area (Å²) in [6.07, 6.45) is 0. The van der Waals surface area contributed by atoms with Gasteiger partial charge in [0, 0.05) is 0 Å². The summed E-state index contributed by atoms with van der Waals surface area (Å²) >= 11 is 2.59. The van der Waals surface area contributed by atoms with Gasteiger partial charge in [-0.2, -0.15) is 0 Å². The van der Waals surface area contributed by atoms with Gasteiger partial charge in [-0.05, 0) is 0 Å². The molecule has 0 radical (unpaired) electrons. The molecule has 0 aliphatic carbocycles. The Hall–Kier alpha value is 3.73. The molecule has 0 saturated heterocycles. The van der Waals surface area contributed by atoms with Gasteiger partial charge in [-0.3, -0.25) is 0 Å². The molecule has 2 nitrogen and oxygen atoms in total. The van der Waals surface area contributed by atoms with Crippen LogP contribution in [0.1, 0.15) is 0 Å². The third-order valence-electron chi connectivity index (χ3n) is 0.0203. The minimum atomic E-state index is -0.0571. The van der Waals surface area contributed by atoms with Crippen molar-refractivity contribution in [3.8, 4) is 4.45 Å². The van der Waals surface area contributed by atoms with Crippen LogP contribution in [0.3, 0.4) is 0 Å². The summed E-state index contributed by atoms with van der Waals surface area (Å²) in [5.41, 5.74) is 0. The summed E-state index contributed by atoms with van der Waals surface area (Å²) in [4.78, 5) is 0. The van der Waals surface area contributed by atoms with E-state index in [0.717, 1.165) is 0 Å². The fourth-order valence-electron chi connectivity index (χ4n) is 0. The first kappa shape index (κ1) is 17.7. The van der Waals surface area contributed by atoms with Gasteiger partial charge in [0.2, 0.25) is 0 Å². The molecule has 0 aliphatic heterocycles. The number of hydrogen-bond acceptors (Lipinski definition) is 2. The molecule has 0 atom stereocenters. The van der Waals surface area contributed by atoms with Gasteiger partial charge in [0.25, 0.3) is 0 Å². The maximum atomic E-state index is 7.65. The molecule has 0 bridgehead atoms. The molecular weight excluding hydrogens is 524 g/mol. The van der Waals surface area contributed by atoms with E-state index >= 15 is 0 Å². The molecule has 0 spiro atoms. The van der Waals surface area contributed by atoms with E-state index in [9.17, 15) is 0 Å². The van der Waals surface area contributed by atoms with Crippen LogP contribution in [0.5, 0.6) is 0 Å². The summed E-state index contributed by atoms with van der Waals surface area (Å²) in [5.74, 6) is 0. The van der Waals surface area contributed by atoms with Crippen molar-refractivity contribution >= 4 is 100 Å². The van der Waals surface area contributed by atoms with Crippen LogP contribution < -0.4 is 0 Å². The van der Waals surface area contributed by atoms with E-state index in [0.29, 0.717) is 49.0 Å². The van der Waals surface area contributed by atoms with Crippen LogP contribution in [0.25, 0.3) is 0 Å². The van der Waals surface area contributed by atoms with E-state index in [1.54, 1.807) is 0 Å². The van der Waals surface area contributed by atoms with E-state index in [2.05, 4.69) is 17.6 Å². The Balaban J connectivity index is -0.0000000575. The summed E-state index contributed by atoms with van der Waals surface area (Å²) in [7, 11) is 0. The summed E-state index contributed by atoms with van der Waals surface area (Å²) < 4.78 is 3.94. The summed E-state index contributed by atoms with van der Waals surface area (Å²) in [6, 6.07) is 0. The Kier molecular flexibility index (Phi) is 49.7. The first-order valence-corrected chi connectivity index (χ1v) is 9.83. The van der Waals surface area contributed by atoms with E-state index in [1.165, 1.54) is 0 Å². The Morgan fingerprint density at radius 3 is 1.62 bits per heavy atom. The van der Waals surface area contributed by atoms with Crippen LogP contribution in [-0.4, -0.2) is 100 Å².